The van der Waals surface area contributed by atoms with Crippen LogP contribution in [0.3, 0.4) is 0 Å². The van der Waals surface area contributed by atoms with E-state index in [9.17, 15) is 19.1 Å². The number of benzene rings is 1. The monoisotopic (exact) mass is 428 g/mol. The zero-order chi connectivity index (χ0) is 22.2. The van der Waals surface area contributed by atoms with Crippen molar-refractivity contribution in [2.24, 2.45) is 12.5 Å². The highest BCUT2D eigenvalue weighted by Crippen LogP contribution is 2.46. The molecule has 4 rings (SSSR count). The number of aromatic hydroxyl groups is 1. The summed E-state index contributed by atoms with van der Waals surface area (Å²) < 4.78 is 14.8. The second-order valence-electron chi connectivity index (χ2n) is 8.93. The lowest BCUT2D eigenvalue weighted by molar-refractivity contribution is 0.0942. The Hall–Kier alpha value is -2.90. The molecule has 2 aromatic rings. The molecule has 2 fully saturated rings. The summed E-state index contributed by atoms with van der Waals surface area (Å²) in [4.78, 5) is 31.7. The Morgan fingerprint density at radius 3 is 2.55 bits per heavy atom. The molecule has 1 spiro atoms. The molecule has 8 heteroatoms. The molecule has 0 radical (unpaired) electrons. The first-order valence-electron chi connectivity index (χ1n) is 10.9. The van der Waals surface area contributed by atoms with Gasteiger partial charge in [0.25, 0.3) is 11.5 Å². The van der Waals surface area contributed by atoms with E-state index >= 15 is 0 Å². The molecule has 31 heavy (non-hydrogen) atoms. The molecule has 1 aromatic carbocycles. The fraction of sp³-hybridized carbons (Fsp3) is 0.522. The zero-order valence-corrected chi connectivity index (χ0v) is 18.1. The lowest BCUT2D eigenvalue weighted by Crippen LogP contribution is -2.42. The Morgan fingerprint density at radius 1 is 1.23 bits per heavy atom. The molecule has 1 aliphatic carbocycles. The maximum atomic E-state index is 13.4. The molecular weight excluding hydrogens is 399 g/mol. The summed E-state index contributed by atoms with van der Waals surface area (Å²) in [7, 11) is 1.56. The van der Waals surface area contributed by atoms with Crippen molar-refractivity contribution in [2.45, 2.75) is 52.0 Å². The first kappa shape index (κ1) is 21.3. The Balaban J connectivity index is 1.52. The predicted molar refractivity (Wildman–Crippen MR) is 116 cm³/mol. The van der Waals surface area contributed by atoms with E-state index in [-0.39, 0.29) is 18.1 Å². The third kappa shape index (κ3) is 4.16. The van der Waals surface area contributed by atoms with Crippen molar-refractivity contribution in [3.8, 4) is 5.75 Å². The van der Waals surface area contributed by atoms with E-state index in [1.54, 1.807) is 26.1 Å². The van der Waals surface area contributed by atoms with Gasteiger partial charge in [0.1, 0.15) is 5.82 Å². The largest absolute Gasteiger partial charge is 0.501 e. The van der Waals surface area contributed by atoms with Crippen LogP contribution in [0.1, 0.15) is 60.1 Å². The highest BCUT2D eigenvalue weighted by molar-refractivity contribution is 5.95. The molecule has 1 aliphatic heterocycles. The van der Waals surface area contributed by atoms with Gasteiger partial charge in [-0.2, -0.15) is 0 Å². The number of aromatic nitrogens is 2. The number of halogens is 1. The van der Waals surface area contributed by atoms with Crippen molar-refractivity contribution in [1.29, 1.82) is 0 Å². The minimum Gasteiger partial charge on any atom is -0.501 e. The van der Waals surface area contributed by atoms with E-state index in [0.717, 1.165) is 25.9 Å². The first-order chi connectivity index (χ1) is 14.8. The lowest BCUT2D eigenvalue weighted by atomic mass is 9.77. The summed E-state index contributed by atoms with van der Waals surface area (Å²) in [6.07, 6.45) is 7.20. The summed E-state index contributed by atoms with van der Waals surface area (Å²) >= 11 is 0. The minimum atomic E-state index is -0.664. The van der Waals surface area contributed by atoms with Gasteiger partial charge in [0.15, 0.2) is 5.69 Å². The number of piperidine rings is 1. The number of anilines is 1. The summed E-state index contributed by atoms with van der Waals surface area (Å²) in [6, 6.07) is 4.57. The fourth-order valence-corrected chi connectivity index (χ4v) is 4.91. The molecule has 1 amide bonds. The zero-order valence-electron chi connectivity index (χ0n) is 18.1. The van der Waals surface area contributed by atoms with Crippen molar-refractivity contribution in [3.63, 3.8) is 0 Å². The number of amides is 1. The standard InChI is InChI=1S/C23H29FN4O3/c1-15-13-16(5-6-17(15)24)14-25-20(30)18-19(29)21(31)27(2)22(26-18)28-11-9-23(10-12-28)7-3-4-8-23/h5-6,13,29H,3-4,7-12,14H2,1-2H3,(H,25,30). The van der Waals surface area contributed by atoms with Gasteiger partial charge in [0.05, 0.1) is 0 Å². The summed E-state index contributed by atoms with van der Waals surface area (Å²) in [6.45, 7) is 3.34. The summed E-state index contributed by atoms with van der Waals surface area (Å²) in [5.74, 6) is -1.21. The van der Waals surface area contributed by atoms with Crippen LogP contribution in [0.25, 0.3) is 0 Å². The third-order valence-electron chi connectivity index (χ3n) is 6.90. The minimum absolute atomic E-state index is 0.137. The number of nitrogens with zero attached hydrogens (tertiary/aromatic N) is 3. The number of aryl methyl sites for hydroxylation is 1. The van der Waals surface area contributed by atoms with E-state index in [1.807, 2.05) is 4.90 Å². The first-order valence-corrected chi connectivity index (χ1v) is 10.9. The fourth-order valence-electron chi connectivity index (χ4n) is 4.91. The summed E-state index contributed by atoms with van der Waals surface area (Å²) in [5, 5.41) is 13.0. The van der Waals surface area contributed by atoms with Crippen molar-refractivity contribution in [1.82, 2.24) is 14.9 Å². The Morgan fingerprint density at radius 2 is 1.90 bits per heavy atom. The maximum absolute atomic E-state index is 13.4. The van der Waals surface area contributed by atoms with Crippen LogP contribution in [0.4, 0.5) is 10.3 Å². The van der Waals surface area contributed by atoms with E-state index in [1.165, 1.54) is 36.3 Å². The van der Waals surface area contributed by atoms with Crippen molar-refractivity contribution < 1.29 is 14.3 Å². The molecule has 2 N–H and O–H groups in total. The van der Waals surface area contributed by atoms with Crippen molar-refractivity contribution >= 4 is 11.9 Å². The van der Waals surface area contributed by atoms with Crippen LogP contribution < -0.4 is 15.8 Å². The van der Waals surface area contributed by atoms with E-state index in [4.69, 9.17) is 0 Å². The van der Waals surface area contributed by atoms with Gasteiger partial charge < -0.3 is 15.3 Å². The number of carbonyl (C=O) groups is 1. The van der Waals surface area contributed by atoms with Crippen LogP contribution in [0.2, 0.25) is 0 Å². The molecule has 7 nitrogen and oxygen atoms in total. The van der Waals surface area contributed by atoms with Gasteiger partial charge in [-0.25, -0.2) is 9.37 Å². The molecule has 0 bridgehead atoms. The third-order valence-corrected chi connectivity index (χ3v) is 6.90. The molecule has 2 aliphatic rings. The molecule has 1 saturated carbocycles. The van der Waals surface area contributed by atoms with Crippen LogP contribution in [-0.4, -0.2) is 33.7 Å². The average Bonchev–Trinajstić information content (AvgIpc) is 3.22. The second-order valence-corrected chi connectivity index (χ2v) is 8.93. The van der Waals surface area contributed by atoms with E-state index < -0.39 is 17.2 Å². The predicted octanol–water partition coefficient (Wildman–Crippen LogP) is 3.02. The quantitative estimate of drug-likeness (QED) is 0.782. The topological polar surface area (TPSA) is 87.5 Å². The van der Waals surface area contributed by atoms with E-state index in [2.05, 4.69) is 10.3 Å². The molecule has 0 atom stereocenters. The Labute approximate surface area is 180 Å². The lowest BCUT2D eigenvalue weighted by Gasteiger charge is -2.40. The van der Waals surface area contributed by atoms with Crippen molar-refractivity contribution in [2.75, 3.05) is 18.0 Å². The van der Waals surface area contributed by atoms with Gasteiger partial charge in [0, 0.05) is 26.7 Å². The molecule has 2 heterocycles. The van der Waals surface area contributed by atoms with Crippen LogP contribution in [0, 0.1) is 18.2 Å². The van der Waals surface area contributed by atoms with Gasteiger partial charge in [-0.1, -0.05) is 25.0 Å². The smallest absolute Gasteiger partial charge is 0.297 e. The van der Waals surface area contributed by atoms with Crippen molar-refractivity contribution in [3.05, 3.63) is 51.2 Å². The normalized spacial score (nSPS) is 17.8. The van der Waals surface area contributed by atoms with Crippen LogP contribution in [0.15, 0.2) is 23.0 Å². The average molecular weight is 429 g/mol. The van der Waals surface area contributed by atoms with Gasteiger partial charge >= 0.3 is 0 Å². The highest BCUT2D eigenvalue weighted by Gasteiger charge is 2.38. The van der Waals surface area contributed by atoms with E-state index in [0.29, 0.717) is 22.5 Å². The van der Waals surface area contributed by atoms with Gasteiger partial charge in [-0.05, 0) is 55.2 Å². The van der Waals surface area contributed by atoms with Crippen LogP contribution >= 0.6 is 0 Å². The van der Waals surface area contributed by atoms with Crippen LogP contribution in [-0.2, 0) is 13.6 Å². The van der Waals surface area contributed by atoms with Crippen LogP contribution in [0.5, 0.6) is 5.75 Å². The Kier molecular flexibility index (Phi) is 5.73. The summed E-state index contributed by atoms with van der Waals surface area (Å²) in [5.41, 5.74) is 0.689. The molecular formula is C23H29FN4O3. The van der Waals surface area contributed by atoms with Gasteiger partial charge in [-0.15, -0.1) is 0 Å². The van der Waals surface area contributed by atoms with Gasteiger partial charge in [0.2, 0.25) is 11.7 Å². The number of carbonyl (C=O) groups excluding carboxylic acids is 1. The number of hydrogen-bond acceptors (Lipinski definition) is 5. The molecule has 166 valence electrons. The number of rotatable bonds is 4. The highest BCUT2D eigenvalue weighted by atomic mass is 19.1. The molecule has 1 saturated heterocycles. The maximum Gasteiger partial charge on any atom is 0.297 e. The number of nitrogens with one attached hydrogen (secondary N) is 1. The molecule has 1 aromatic heterocycles. The number of hydrogen-bond donors (Lipinski definition) is 2. The van der Waals surface area contributed by atoms with Gasteiger partial charge in [-0.3, -0.25) is 14.2 Å². The Bertz CT molecular complexity index is 1050. The molecule has 0 unspecified atom stereocenters. The second kappa shape index (κ2) is 8.32. The SMILES string of the molecule is Cc1cc(CNC(=O)c2nc(N3CCC4(CCCC4)CC3)n(C)c(=O)c2O)ccc1F.